The van der Waals surface area contributed by atoms with E-state index in [-0.39, 0.29) is 0 Å². The zero-order valence-electron chi connectivity index (χ0n) is 15.1. The van der Waals surface area contributed by atoms with Crippen molar-refractivity contribution in [1.82, 2.24) is 0 Å². The van der Waals surface area contributed by atoms with Gasteiger partial charge in [0, 0.05) is 0 Å². The number of hydrogen-bond donors (Lipinski definition) is 0. The lowest BCUT2D eigenvalue weighted by Crippen LogP contribution is -2.17. The van der Waals surface area contributed by atoms with Crippen molar-refractivity contribution in [2.24, 2.45) is 29.1 Å². The van der Waals surface area contributed by atoms with Gasteiger partial charge in [-0.2, -0.15) is 0 Å². The molecular formula is C19H40. The van der Waals surface area contributed by atoms with Crippen molar-refractivity contribution in [2.45, 2.75) is 93.9 Å². The lowest BCUT2D eigenvalue weighted by atomic mass is 9.77. The fourth-order valence-corrected chi connectivity index (χ4v) is 2.99. The van der Waals surface area contributed by atoms with Gasteiger partial charge in [-0.1, -0.05) is 68.2 Å². The Bertz CT molecular complexity index is 214. The largest absolute Gasteiger partial charge is 0.0651 e. The molecule has 0 nitrogen and oxygen atoms in total. The van der Waals surface area contributed by atoms with Gasteiger partial charge in [0.1, 0.15) is 0 Å². The van der Waals surface area contributed by atoms with E-state index in [1.807, 2.05) is 0 Å². The van der Waals surface area contributed by atoms with Crippen LogP contribution in [0.2, 0.25) is 0 Å². The summed E-state index contributed by atoms with van der Waals surface area (Å²) in [6.07, 6.45) is 8.32. The molecule has 3 atom stereocenters. The average Bonchev–Trinajstić information content (AvgIpc) is 2.32. The van der Waals surface area contributed by atoms with Gasteiger partial charge in [0.15, 0.2) is 0 Å². The van der Waals surface area contributed by atoms with Crippen LogP contribution in [0.1, 0.15) is 93.9 Å². The molecular weight excluding hydrogens is 228 g/mol. The third-order valence-electron chi connectivity index (χ3n) is 5.08. The SMILES string of the molecule is CCC(C)C(C)CCC(C)(C)CCC(C)CC(C)C. The van der Waals surface area contributed by atoms with E-state index in [4.69, 9.17) is 0 Å². The van der Waals surface area contributed by atoms with Crippen LogP contribution in [0.3, 0.4) is 0 Å². The predicted octanol–water partition coefficient (Wildman–Crippen LogP) is 6.94. The smallest absolute Gasteiger partial charge is 0.0354 e. The fourth-order valence-electron chi connectivity index (χ4n) is 2.99. The van der Waals surface area contributed by atoms with Crippen LogP contribution in [0.25, 0.3) is 0 Å². The minimum Gasteiger partial charge on any atom is -0.0651 e. The van der Waals surface area contributed by atoms with Gasteiger partial charge in [0.25, 0.3) is 0 Å². The molecule has 0 bridgehead atoms. The summed E-state index contributed by atoms with van der Waals surface area (Å²) >= 11 is 0. The van der Waals surface area contributed by atoms with Gasteiger partial charge in [0.05, 0.1) is 0 Å². The molecule has 0 aromatic carbocycles. The zero-order chi connectivity index (χ0) is 15.1. The minimum absolute atomic E-state index is 0.535. The van der Waals surface area contributed by atoms with Gasteiger partial charge in [-0.15, -0.1) is 0 Å². The molecule has 0 heteroatoms. The zero-order valence-corrected chi connectivity index (χ0v) is 15.1. The summed E-state index contributed by atoms with van der Waals surface area (Å²) in [6, 6.07) is 0. The summed E-state index contributed by atoms with van der Waals surface area (Å²) < 4.78 is 0. The highest BCUT2D eigenvalue weighted by Gasteiger charge is 2.21. The third kappa shape index (κ3) is 9.52. The third-order valence-corrected chi connectivity index (χ3v) is 5.08. The van der Waals surface area contributed by atoms with Gasteiger partial charge < -0.3 is 0 Å². The molecule has 0 aliphatic carbocycles. The van der Waals surface area contributed by atoms with E-state index in [0.717, 1.165) is 23.7 Å². The van der Waals surface area contributed by atoms with Gasteiger partial charge in [-0.3, -0.25) is 0 Å². The molecule has 116 valence electrons. The molecule has 19 heavy (non-hydrogen) atoms. The maximum atomic E-state index is 2.47. The molecule has 0 rings (SSSR count). The Hall–Kier alpha value is 0. The molecule has 0 spiro atoms. The number of hydrogen-bond acceptors (Lipinski definition) is 0. The molecule has 0 radical (unpaired) electrons. The summed E-state index contributed by atoms with van der Waals surface area (Å²) in [6.45, 7) is 19.2. The molecule has 0 saturated heterocycles. The first-order valence-electron chi connectivity index (χ1n) is 8.68. The van der Waals surface area contributed by atoms with E-state index in [0.29, 0.717) is 5.41 Å². The molecule has 0 heterocycles. The van der Waals surface area contributed by atoms with E-state index in [1.165, 1.54) is 38.5 Å². The average molecular weight is 269 g/mol. The highest BCUT2D eigenvalue weighted by Crippen LogP contribution is 2.34. The van der Waals surface area contributed by atoms with Gasteiger partial charge in [-0.25, -0.2) is 0 Å². The van der Waals surface area contributed by atoms with Crippen LogP contribution < -0.4 is 0 Å². The standard InChI is InChI=1S/C19H40/c1-9-17(5)18(6)11-13-19(7,8)12-10-16(4)14-15(2)3/h15-18H,9-14H2,1-8H3. The lowest BCUT2D eigenvalue weighted by Gasteiger charge is -2.29. The highest BCUT2D eigenvalue weighted by atomic mass is 14.3. The Labute approximate surface area is 123 Å². The Morgan fingerprint density at radius 3 is 1.79 bits per heavy atom. The van der Waals surface area contributed by atoms with E-state index in [1.54, 1.807) is 0 Å². The normalized spacial score (nSPS) is 17.5. The molecule has 0 aromatic heterocycles. The molecule has 0 saturated carbocycles. The quantitative estimate of drug-likeness (QED) is 0.402. The summed E-state index contributed by atoms with van der Waals surface area (Å²) in [4.78, 5) is 0. The van der Waals surface area contributed by atoms with Crippen molar-refractivity contribution < 1.29 is 0 Å². The first kappa shape index (κ1) is 19.0. The second kappa shape index (κ2) is 9.03. The highest BCUT2D eigenvalue weighted by molar-refractivity contribution is 4.73. The molecule has 3 unspecified atom stereocenters. The Morgan fingerprint density at radius 1 is 0.789 bits per heavy atom. The van der Waals surface area contributed by atoms with Crippen molar-refractivity contribution in [3.05, 3.63) is 0 Å². The lowest BCUT2D eigenvalue weighted by molar-refractivity contribution is 0.227. The summed E-state index contributed by atoms with van der Waals surface area (Å²) in [7, 11) is 0. The van der Waals surface area contributed by atoms with Crippen LogP contribution in [0.15, 0.2) is 0 Å². The summed E-state index contributed by atoms with van der Waals surface area (Å²) in [5.74, 6) is 3.52. The first-order chi connectivity index (χ1) is 8.68. The second-order valence-corrected chi connectivity index (χ2v) is 8.34. The van der Waals surface area contributed by atoms with Gasteiger partial charge >= 0.3 is 0 Å². The molecule has 0 aromatic rings. The maximum absolute atomic E-state index is 2.47. The van der Waals surface area contributed by atoms with Crippen molar-refractivity contribution in [1.29, 1.82) is 0 Å². The van der Waals surface area contributed by atoms with Gasteiger partial charge in [-0.05, 0) is 54.8 Å². The summed E-state index contributed by atoms with van der Waals surface area (Å²) in [5, 5.41) is 0. The van der Waals surface area contributed by atoms with E-state index in [9.17, 15) is 0 Å². The summed E-state index contributed by atoms with van der Waals surface area (Å²) in [5.41, 5.74) is 0.535. The van der Waals surface area contributed by atoms with Crippen molar-refractivity contribution in [3.63, 3.8) is 0 Å². The van der Waals surface area contributed by atoms with E-state index < -0.39 is 0 Å². The predicted molar refractivity (Wildman–Crippen MR) is 89.5 cm³/mol. The van der Waals surface area contributed by atoms with Crippen molar-refractivity contribution in [2.75, 3.05) is 0 Å². The van der Waals surface area contributed by atoms with Crippen LogP contribution in [-0.2, 0) is 0 Å². The number of rotatable bonds is 10. The molecule has 0 amide bonds. The van der Waals surface area contributed by atoms with Crippen LogP contribution in [-0.4, -0.2) is 0 Å². The second-order valence-electron chi connectivity index (χ2n) is 8.34. The molecule has 0 aliphatic rings. The van der Waals surface area contributed by atoms with E-state index in [2.05, 4.69) is 55.4 Å². The monoisotopic (exact) mass is 268 g/mol. The fraction of sp³-hybridized carbons (Fsp3) is 1.00. The van der Waals surface area contributed by atoms with Gasteiger partial charge in [0.2, 0.25) is 0 Å². The van der Waals surface area contributed by atoms with E-state index >= 15 is 0 Å². The van der Waals surface area contributed by atoms with Crippen LogP contribution in [0.5, 0.6) is 0 Å². The minimum atomic E-state index is 0.535. The van der Waals surface area contributed by atoms with Crippen molar-refractivity contribution >= 4 is 0 Å². The topological polar surface area (TPSA) is 0 Å². The Balaban J connectivity index is 3.97. The Kier molecular flexibility index (Phi) is 9.03. The molecule has 0 fully saturated rings. The maximum Gasteiger partial charge on any atom is -0.0354 e. The van der Waals surface area contributed by atoms with Crippen LogP contribution >= 0.6 is 0 Å². The first-order valence-corrected chi connectivity index (χ1v) is 8.68. The molecule has 0 N–H and O–H groups in total. The van der Waals surface area contributed by atoms with Crippen LogP contribution in [0, 0.1) is 29.1 Å². The van der Waals surface area contributed by atoms with Crippen molar-refractivity contribution in [3.8, 4) is 0 Å². The van der Waals surface area contributed by atoms with Crippen LogP contribution in [0.4, 0.5) is 0 Å². The molecule has 0 aliphatic heterocycles. The Morgan fingerprint density at radius 2 is 1.32 bits per heavy atom.